The topological polar surface area (TPSA) is 32.3 Å². The number of rotatable bonds is 4. The SMILES string of the molecule is OC1(CNCc2ccc(Cl)cc2Cl)CCCCC1. The molecule has 0 radical (unpaired) electrons. The quantitative estimate of drug-likeness (QED) is 0.883. The van der Waals surface area contributed by atoms with Crippen molar-refractivity contribution in [1.82, 2.24) is 5.32 Å². The van der Waals surface area contributed by atoms with Gasteiger partial charge in [0.1, 0.15) is 0 Å². The van der Waals surface area contributed by atoms with E-state index in [1.807, 2.05) is 12.1 Å². The highest BCUT2D eigenvalue weighted by atomic mass is 35.5. The smallest absolute Gasteiger partial charge is 0.0771 e. The molecule has 1 aliphatic rings. The summed E-state index contributed by atoms with van der Waals surface area (Å²) in [6.45, 7) is 1.30. The molecule has 1 aromatic rings. The first-order chi connectivity index (χ1) is 8.59. The van der Waals surface area contributed by atoms with Crippen LogP contribution < -0.4 is 5.32 Å². The van der Waals surface area contributed by atoms with Crippen LogP contribution in [0.15, 0.2) is 18.2 Å². The molecule has 0 amide bonds. The molecule has 0 heterocycles. The molecule has 1 saturated carbocycles. The van der Waals surface area contributed by atoms with Crippen LogP contribution in [0, 0.1) is 0 Å². The lowest BCUT2D eigenvalue weighted by atomic mass is 9.85. The third-order valence-electron chi connectivity index (χ3n) is 3.57. The average Bonchev–Trinajstić information content (AvgIpc) is 2.33. The molecule has 2 nitrogen and oxygen atoms in total. The molecule has 0 spiro atoms. The molecule has 4 heteroatoms. The minimum absolute atomic E-state index is 0.531. The second-order valence-electron chi connectivity index (χ2n) is 5.12. The summed E-state index contributed by atoms with van der Waals surface area (Å²) >= 11 is 11.9. The highest BCUT2D eigenvalue weighted by Crippen LogP contribution is 2.27. The van der Waals surface area contributed by atoms with Crippen molar-refractivity contribution in [1.29, 1.82) is 0 Å². The fourth-order valence-electron chi connectivity index (χ4n) is 2.48. The number of hydrogen-bond acceptors (Lipinski definition) is 2. The van der Waals surface area contributed by atoms with Crippen molar-refractivity contribution < 1.29 is 5.11 Å². The predicted octanol–water partition coefficient (Wildman–Crippen LogP) is 3.78. The molecular formula is C14H19Cl2NO. The molecule has 0 bridgehead atoms. The fourth-order valence-corrected chi connectivity index (χ4v) is 2.96. The molecule has 1 aliphatic carbocycles. The number of halogens is 2. The molecule has 1 aromatic carbocycles. The van der Waals surface area contributed by atoms with Crippen molar-refractivity contribution in [3.05, 3.63) is 33.8 Å². The Kier molecular flexibility index (Phi) is 4.91. The summed E-state index contributed by atoms with van der Waals surface area (Å²) in [6, 6.07) is 5.50. The maximum atomic E-state index is 10.3. The van der Waals surface area contributed by atoms with E-state index in [0.717, 1.165) is 31.2 Å². The second kappa shape index (κ2) is 6.25. The van der Waals surface area contributed by atoms with Crippen LogP contribution in [0.2, 0.25) is 10.0 Å². The zero-order chi connectivity index (χ0) is 13.0. The Morgan fingerprint density at radius 1 is 1.17 bits per heavy atom. The lowest BCUT2D eigenvalue weighted by molar-refractivity contribution is 0.00468. The van der Waals surface area contributed by atoms with Gasteiger partial charge in [0, 0.05) is 23.1 Å². The van der Waals surface area contributed by atoms with E-state index in [4.69, 9.17) is 23.2 Å². The van der Waals surface area contributed by atoms with E-state index in [0.29, 0.717) is 23.1 Å². The van der Waals surface area contributed by atoms with Gasteiger partial charge in [-0.15, -0.1) is 0 Å². The summed E-state index contributed by atoms with van der Waals surface area (Å²) in [5, 5.41) is 15.0. The summed E-state index contributed by atoms with van der Waals surface area (Å²) in [6.07, 6.45) is 5.29. The van der Waals surface area contributed by atoms with Gasteiger partial charge in [-0.3, -0.25) is 0 Å². The van der Waals surface area contributed by atoms with E-state index in [1.165, 1.54) is 6.42 Å². The van der Waals surface area contributed by atoms with E-state index in [1.54, 1.807) is 6.07 Å². The largest absolute Gasteiger partial charge is 0.389 e. The van der Waals surface area contributed by atoms with Crippen LogP contribution in [0.1, 0.15) is 37.7 Å². The Morgan fingerprint density at radius 3 is 2.56 bits per heavy atom. The normalized spacial score (nSPS) is 18.8. The summed E-state index contributed by atoms with van der Waals surface area (Å²) in [5.74, 6) is 0. The van der Waals surface area contributed by atoms with Gasteiger partial charge in [-0.1, -0.05) is 48.5 Å². The monoisotopic (exact) mass is 287 g/mol. The predicted molar refractivity (Wildman–Crippen MR) is 76.2 cm³/mol. The average molecular weight is 288 g/mol. The van der Waals surface area contributed by atoms with Crippen molar-refractivity contribution in [2.24, 2.45) is 0 Å². The molecule has 0 aliphatic heterocycles. The molecule has 1 fully saturated rings. The molecule has 0 atom stereocenters. The summed E-state index contributed by atoms with van der Waals surface area (Å²) in [7, 11) is 0. The second-order valence-corrected chi connectivity index (χ2v) is 5.97. The Labute approximate surface area is 118 Å². The highest BCUT2D eigenvalue weighted by molar-refractivity contribution is 6.35. The van der Waals surface area contributed by atoms with Gasteiger partial charge in [0.25, 0.3) is 0 Å². The number of nitrogens with one attached hydrogen (secondary N) is 1. The fraction of sp³-hybridized carbons (Fsp3) is 0.571. The van der Waals surface area contributed by atoms with Crippen LogP contribution in [-0.2, 0) is 6.54 Å². The van der Waals surface area contributed by atoms with E-state index in [-0.39, 0.29) is 0 Å². The number of benzene rings is 1. The van der Waals surface area contributed by atoms with Crippen LogP contribution in [-0.4, -0.2) is 17.3 Å². The van der Waals surface area contributed by atoms with Crippen molar-refractivity contribution in [2.45, 2.75) is 44.2 Å². The van der Waals surface area contributed by atoms with Crippen LogP contribution in [0.5, 0.6) is 0 Å². The van der Waals surface area contributed by atoms with Gasteiger partial charge in [-0.25, -0.2) is 0 Å². The standard InChI is InChI=1S/C14H19Cl2NO/c15-12-5-4-11(13(16)8-12)9-17-10-14(18)6-2-1-3-7-14/h4-5,8,17-18H,1-3,6-7,9-10H2. The van der Waals surface area contributed by atoms with Gasteiger partial charge in [0.05, 0.1) is 5.60 Å². The van der Waals surface area contributed by atoms with Gasteiger partial charge >= 0.3 is 0 Å². The number of aliphatic hydroxyl groups is 1. The Bertz CT molecular complexity index is 403. The third-order valence-corrected chi connectivity index (χ3v) is 4.16. The van der Waals surface area contributed by atoms with Gasteiger partial charge in [-0.05, 0) is 30.5 Å². The minimum Gasteiger partial charge on any atom is -0.389 e. The van der Waals surface area contributed by atoms with Crippen molar-refractivity contribution in [3.8, 4) is 0 Å². The van der Waals surface area contributed by atoms with Crippen LogP contribution in [0.3, 0.4) is 0 Å². The first-order valence-corrected chi connectivity index (χ1v) is 7.22. The molecule has 2 N–H and O–H groups in total. The van der Waals surface area contributed by atoms with Crippen molar-refractivity contribution >= 4 is 23.2 Å². The lowest BCUT2D eigenvalue weighted by Gasteiger charge is -2.32. The summed E-state index contributed by atoms with van der Waals surface area (Å²) in [4.78, 5) is 0. The first kappa shape index (κ1) is 14.1. The third kappa shape index (κ3) is 3.86. The zero-order valence-electron chi connectivity index (χ0n) is 10.4. The Balaban J connectivity index is 1.84. The van der Waals surface area contributed by atoms with E-state index in [9.17, 15) is 5.11 Å². The molecule has 0 unspecified atom stereocenters. The summed E-state index contributed by atoms with van der Waals surface area (Å²) in [5.41, 5.74) is 0.484. The van der Waals surface area contributed by atoms with Gasteiger partial charge in [-0.2, -0.15) is 0 Å². The van der Waals surface area contributed by atoms with Gasteiger partial charge < -0.3 is 10.4 Å². The van der Waals surface area contributed by atoms with Gasteiger partial charge in [0.15, 0.2) is 0 Å². The highest BCUT2D eigenvalue weighted by Gasteiger charge is 2.28. The van der Waals surface area contributed by atoms with E-state index < -0.39 is 5.60 Å². The minimum atomic E-state index is -0.531. The Hall–Kier alpha value is -0.280. The molecule has 18 heavy (non-hydrogen) atoms. The zero-order valence-corrected chi connectivity index (χ0v) is 11.9. The van der Waals surface area contributed by atoms with Gasteiger partial charge in [0.2, 0.25) is 0 Å². The number of hydrogen-bond donors (Lipinski definition) is 2. The van der Waals surface area contributed by atoms with Crippen molar-refractivity contribution in [2.75, 3.05) is 6.54 Å². The Morgan fingerprint density at radius 2 is 1.89 bits per heavy atom. The summed E-state index contributed by atoms with van der Waals surface area (Å²) < 4.78 is 0. The lowest BCUT2D eigenvalue weighted by Crippen LogP contribution is -2.41. The maximum Gasteiger partial charge on any atom is 0.0771 e. The first-order valence-electron chi connectivity index (χ1n) is 6.46. The van der Waals surface area contributed by atoms with Crippen LogP contribution in [0.4, 0.5) is 0 Å². The van der Waals surface area contributed by atoms with Crippen LogP contribution in [0.25, 0.3) is 0 Å². The van der Waals surface area contributed by atoms with E-state index in [2.05, 4.69) is 5.32 Å². The molecule has 0 saturated heterocycles. The maximum absolute atomic E-state index is 10.3. The molecule has 2 rings (SSSR count). The molecule has 100 valence electrons. The van der Waals surface area contributed by atoms with E-state index >= 15 is 0 Å². The van der Waals surface area contributed by atoms with Crippen molar-refractivity contribution in [3.63, 3.8) is 0 Å². The van der Waals surface area contributed by atoms with Crippen LogP contribution >= 0.6 is 23.2 Å². The molecule has 0 aromatic heterocycles. The molecular weight excluding hydrogens is 269 g/mol.